The zero-order valence-electron chi connectivity index (χ0n) is 14.5. The minimum Gasteiger partial charge on any atom is -0.496 e. The van der Waals surface area contributed by atoms with E-state index in [0.717, 1.165) is 4.47 Å². The van der Waals surface area contributed by atoms with Gasteiger partial charge in [-0.15, -0.1) is 0 Å². The Hall–Kier alpha value is -3.12. The number of ether oxygens (including phenoxy) is 1. The molecule has 3 aromatic rings. The molecule has 0 unspecified atom stereocenters. The number of amides is 2. The van der Waals surface area contributed by atoms with E-state index < -0.39 is 0 Å². The molecule has 6 heteroatoms. The van der Waals surface area contributed by atoms with E-state index >= 15 is 0 Å². The average molecular weight is 425 g/mol. The minimum atomic E-state index is -0.306. The van der Waals surface area contributed by atoms with Gasteiger partial charge in [0, 0.05) is 21.4 Å². The summed E-state index contributed by atoms with van der Waals surface area (Å²) in [6, 6.07) is 21.1. The molecule has 0 aliphatic carbocycles. The molecule has 3 rings (SSSR count). The summed E-state index contributed by atoms with van der Waals surface area (Å²) in [5.74, 6) is -0.0448. The van der Waals surface area contributed by atoms with Crippen LogP contribution in [0, 0.1) is 0 Å². The first-order valence-corrected chi connectivity index (χ1v) is 8.97. The fourth-order valence-corrected chi connectivity index (χ4v) is 2.88. The number of nitrogens with one attached hydrogen (secondary N) is 2. The molecule has 2 N–H and O–H groups in total. The third kappa shape index (κ3) is 4.74. The Kier molecular flexibility index (Phi) is 5.88. The predicted octanol–water partition coefficient (Wildman–Crippen LogP) is 4.96. The number of hydrogen-bond acceptors (Lipinski definition) is 3. The van der Waals surface area contributed by atoms with Crippen molar-refractivity contribution in [2.24, 2.45) is 0 Å². The number of methoxy groups -OCH3 is 1. The number of benzene rings is 3. The summed E-state index contributed by atoms with van der Waals surface area (Å²) in [7, 11) is 1.51. The SMILES string of the molecule is COc1ccc(Br)cc1C(=O)Nc1cccc(NC(=O)c2ccccc2)c1. The number of carbonyl (C=O) groups is 2. The molecule has 136 valence electrons. The van der Waals surface area contributed by atoms with Crippen LogP contribution in [-0.2, 0) is 0 Å². The van der Waals surface area contributed by atoms with Crippen LogP contribution in [-0.4, -0.2) is 18.9 Å². The van der Waals surface area contributed by atoms with Crippen LogP contribution in [0.2, 0.25) is 0 Å². The Morgan fingerprint density at radius 3 is 2.15 bits per heavy atom. The van der Waals surface area contributed by atoms with Gasteiger partial charge >= 0.3 is 0 Å². The lowest BCUT2D eigenvalue weighted by atomic mass is 10.1. The summed E-state index contributed by atoms with van der Waals surface area (Å²) in [4.78, 5) is 24.9. The molecule has 0 atom stereocenters. The Bertz CT molecular complexity index is 974. The molecule has 0 saturated carbocycles. The van der Waals surface area contributed by atoms with Crippen molar-refractivity contribution in [2.75, 3.05) is 17.7 Å². The van der Waals surface area contributed by atoms with E-state index in [1.165, 1.54) is 7.11 Å². The molecule has 0 spiro atoms. The van der Waals surface area contributed by atoms with Crippen LogP contribution in [0.3, 0.4) is 0 Å². The van der Waals surface area contributed by atoms with Crippen LogP contribution < -0.4 is 15.4 Å². The van der Waals surface area contributed by atoms with Gasteiger partial charge in [-0.3, -0.25) is 9.59 Å². The Morgan fingerprint density at radius 1 is 0.815 bits per heavy atom. The monoisotopic (exact) mass is 424 g/mol. The molecule has 2 amide bonds. The first kappa shape index (κ1) is 18.7. The van der Waals surface area contributed by atoms with Crippen molar-refractivity contribution in [3.05, 3.63) is 88.4 Å². The summed E-state index contributed by atoms with van der Waals surface area (Å²) < 4.78 is 6.02. The number of anilines is 2. The van der Waals surface area contributed by atoms with Crippen molar-refractivity contribution in [1.82, 2.24) is 0 Å². The minimum absolute atomic E-state index is 0.215. The third-order valence-electron chi connectivity index (χ3n) is 3.82. The second-order valence-electron chi connectivity index (χ2n) is 5.70. The summed E-state index contributed by atoms with van der Waals surface area (Å²) in [5.41, 5.74) is 2.12. The van der Waals surface area contributed by atoms with Gasteiger partial charge < -0.3 is 15.4 Å². The van der Waals surface area contributed by atoms with Gasteiger partial charge in [-0.25, -0.2) is 0 Å². The third-order valence-corrected chi connectivity index (χ3v) is 4.31. The van der Waals surface area contributed by atoms with Crippen LogP contribution in [0.4, 0.5) is 11.4 Å². The Labute approximate surface area is 165 Å². The molecule has 3 aromatic carbocycles. The maximum atomic E-state index is 12.6. The van der Waals surface area contributed by atoms with Gasteiger partial charge in [0.25, 0.3) is 11.8 Å². The van der Waals surface area contributed by atoms with Crippen LogP contribution in [0.15, 0.2) is 77.3 Å². The second-order valence-corrected chi connectivity index (χ2v) is 6.62. The van der Waals surface area contributed by atoms with Crippen molar-refractivity contribution in [3.8, 4) is 5.75 Å². The lowest BCUT2D eigenvalue weighted by Crippen LogP contribution is -2.14. The van der Waals surface area contributed by atoms with Crippen molar-refractivity contribution >= 4 is 39.1 Å². The molecule has 0 bridgehead atoms. The normalized spacial score (nSPS) is 10.1. The molecule has 27 heavy (non-hydrogen) atoms. The second kappa shape index (κ2) is 8.51. The van der Waals surface area contributed by atoms with E-state index in [1.807, 2.05) is 6.07 Å². The van der Waals surface area contributed by atoms with Crippen LogP contribution in [0.1, 0.15) is 20.7 Å². The first-order valence-electron chi connectivity index (χ1n) is 8.18. The van der Waals surface area contributed by atoms with Gasteiger partial charge in [0.2, 0.25) is 0 Å². The van der Waals surface area contributed by atoms with Gasteiger partial charge in [0.05, 0.1) is 12.7 Å². The fourth-order valence-electron chi connectivity index (χ4n) is 2.52. The van der Waals surface area contributed by atoms with E-state index in [9.17, 15) is 9.59 Å². The number of halogens is 1. The highest BCUT2D eigenvalue weighted by Crippen LogP contribution is 2.24. The van der Waals surface area contributed by atoms with E-state index in [0.29, 0.717) is 28.3 Å². The molecule has 0 radical (unpaired) electrons. The predicted molar refractivity (Wildman–Crippen MR) is 109 cm³/mol. The summed E-state index contributed by atoms with van der Waals surface area (Å²) in [6.07, 6.45) is 0. The van der Waals surface area contributed by atoms with Crippen molar-refractivity contribution in [3.63, 3.8) is 0 Å². The highest BCUT2D eigenvalue weighted by atomic mass is 79.9. The Morgan fingerprint density at radius 2 is 1.48 bits per heavy atom. The Balaban J connectivity index is 1.75. The molecule has 0 fully saturated rings. The van der Waals surface area contributed by atoms with Crippen LogP contribution in [0.25, 0.3) is 0 Å². The van der Waals surface area contributed by atoms with Gasteiger partial charge in [-0.2, -0.15) is 0 Å². The van der Waals surface area contributed by atoms with Crippen molar-refractivity contribution in [1.29, 1.82) is 0 Å². The van der Waals surface area contributed by atoms with E-state index in [1.54, 1.807) is 66.7 Å². The van der Waals surface area contributed by atoms with Gasteiger partial charge in [0.15, 0.2) is 0 Å². The molecule has 0 aliphatic rings. The molecule has 0 saturated heterocycles. The molecular formula is C21H17BrN2O3. The zero-order valence-corrected chi connectivity index (χ0v) is 16.1. The summed E-state index contributed by atoms with van der Waals surface area (Å²) in [6.45, 7) is 0. The van der Waals surface area contributed by atoms with Crippen LogP contribution in [0.5, 0.6) is 5.75 Å². The molecular weight excluding hydrogens is 408 g/mol. The lowest BCUT2D eigenvalue weighted by Gasteiger charge is -2.11. The quantitative estimate of drug-likeness (QED) is 0.607. The summed E-state index contributed by atoms with van der Waals surface area (Å²) >= 11 is 3.36. The molecule has 0 aromatic heterocycles. The molecule has 5 nitrogen and oxygen atoms in total. The standard InChI is InChI=1S/C21H17BrN2O3/c1-27-19-11-10-15(22)12-18(19)21(26)24-17-9-5-8-16(13-17)23-20(25)14-6-3-2-4-7-14/h2-13H,1H3,(H,23,25)(H,24,26). The number of rotatable bonds is 5. The van der Waals surface area contributed by atoms with Crippen molar-refractivity contribution in [2.45, 2.75) is 0 Å². The maximum Gasteiger partial charge on any atom is 0.259 e. The fraction of sp³-hybridized carbons (Fsp3) is 0.0476. The van der Waals surface area contributed by atoms with E-state index in [4.69, 9.17) is 4.74 Å². The maximum absolute atomic E-state index is 12.6. The smallest absolute Gasteiger partial charge is 0.259 e. The topological polar surface area (TPSA) is 67.4 Å². The average Bonchev–Trinajstić information content (AvgIpc) is 2.69. The molecule has 0 heterocycles. The number of hydrogen-bond donors (Lipinski definition) is 2. The van der Waals surface area contributed by atoms with Crippen LogP contribution >= 0.6 is 15.9 Å². The van der Waals surface area contributed by atoms with Gasteiger partial charge in [-0.05, 0) is 48.5 Å². The highest BCUT2D eigenvalue weighted by Gasteiger charge is 2.13. The number of carbonyl (C=O) groups excluding carboxylic acids is 2. The summed E-state index contributed by atoms with van der Waals surface area (Å²) in [5, 5.41) is 5.64. The van der Waals surface area contributed by atoms with E-state index in [-0.39, 0.29) is 11.8 Å². The first-order chi connectivity index (χ1) is 13.1. The largest absolute Gasteiger partial charge is 0.496 e. The highest BCUT2D eigenvalue weighted by molar-refractivity contribution is 9.10. The zero-order chi connectivity index (χ0) is 19.2. The molecule has 0 aliphatic heterocycles. The van der Waals surface area contributed by atoms with Gasteiger partial charge in [-0.1, -0.05) is 40.2 Å². The van der Waals surface area contributed by atoms with Gasteiger partial charge in [0.1, 0.15) is 5.75 Å². The van der Waals surface area contributed by atoms with E-state index in [2.05, 4.69) is 26.6 Å². The lowest BCUT2D eigenvalue weighted by molar-refractivity contribution is 0.101. The van der Waals surface area contributed by atoms with Crippen molar-refractivity contribution < 1.29 is 14.3 Å².